The maximum atomic E-state index is 14.1. The molecule has 2 aromatic carbocycles. The van der Waals surface area contributed by atoms with Gasteiger partial charge in [-0.2, -0.15) is 0 Å². The van der Waals surface area contributed by atoms with Gasteiger partial charge in [-0.05, 0) is 18.3 Å². The van der Waals surface area contributed by atoms with Gasteiger partial charge < -0.3 is 4.74 Å². The molecule has 27 heavy (non-hydrogen) atoms. The van der Waals surface area contributed by atoms with Gasteiger partial charge in [0.1, 0.15) is 11.5 Å². The highest BCUT2D eigenvalue weighted by molar-refractivity contribution is 7.68. The first kappa shape index (κ1) is 18.3. The van der Waals surface area contributed by atoms with Gasteiger partial charge in [-0.1, -0.05) is 74.5 Å². The van der Waals surface area contributed by atoms with Crippen LogP contribution in [0.2, 0.25) is 0 Å². The van der Waals surface area contributed by atoms with E-state index < -0.39 is 7.29 Å². The molecule has 0 aliphatic carbocycles. The van der Waals surface area contributed by atoms with Gasteiger partial charge in [-0.15, -0.1) is 0 Å². The maximum Gasteiger partial charge on any atom is 0.200 e. The van der Waals surface area contributed by atoms with Gasteiger partial charge in [-0.25, -0.2) is 4.67 Å². The summed E-state index contributed by atoms with van der Waals surface area (Å²) in [7, 11) is -2.82. The molecule has 0 radical (unpaired) electrons. The molecule has 0 amide bonds. The second-order valence-corrected chi connectivity index (χ2v) is 10.2. The summed E-state index contributed by atoms with van der Waals surface area (Å²) in [5.41, 5.74) is 1.91. The monoisotopic (exact) mass is 379 g/mol. The Morgan fingerprint density at radius 3 is 1.70 bits per heavy atom. The molecule has 4 rings (SSSR count). The van der Waals surface area contributed by atoms with Crippen LogP contribution in [0.25, 0.3) is 11.5 Å². The molecule has 2 aliphatic heterocycles. The van der Waals surface area contributed by atoms with E-state index in [9.17, 15) is 4.57 Å². The van der Waals surface area contributed by atoms with E-state index in [4.69, 9.17) is 4.74 Å². The maximum absolute atomic E-state index is 14.1. The third-order valence-electron chi connectivity index (χ3n) is 5.23. The van der Waals surface area contributed by atoms with E-state index in [-0.39, 0.29) is 0 Å². The molecule has 140 valence electrons. The predicted octanol–water partition coefficient (Wildman–Crippen LogP) is 6.27. The molecule has 2 heterocycles. The highest BCUT2D eigenvalue weighted by atomic mass is 31.2. The van der Waals surface area contributed by atoms with Gasteiger partial charge in [0.05, 0.1) is 0 Å². The van der Waals surface area contributed by atoms with E-state index in [1.54, 1.807) is 0 Å². The molecule has 0 saturated carbocycles. The lowest BCUT2D eigenvalue weighted by molar-refractivity contribution is 0.223. The normalized spacial score (nSPS) is 25.3. The number of nitrogens with zero attached hydrogens (tertiary/aromatic N) is 1. The fourth-order valence-corrected chi connectivity index (χ4v) is 6.61. The minimum absolute atomic E-state index is 0.546. The van der Waals surface area contributed by atoms with Crippen LogP contribution in [-0.2, 0) is 9.30 Å². The smallest absolute Gasteiger partial charge is 0.200 e. The molecule has 0 unspecified atom stereocenters. The lowest BCUT2D eigenvalue weighted by Gasteiger charge is -2.39. The van der Waals surface area contributed by atoms with Crippen LogP contribution in [0.1, 0.15) is 31.4 Å². The summed E-state index contributed by atoms with van der Waals surface area (Å²) in [5, 5.41) is 0. The second kappa shape index (κ2) is 7.50. The average molecular weight is 379 g/mol. The minimum Gasteiger partial charge on any atom is -0.456 e. The van der Waals surface area contributed by atoms with Crippen molar-refractivity contribution in [3.8, 4) is 0 Å². The van der Waals surface area contributed by atoms with Crippen LogP contribution in [0.4, 0.5) is 0 Å². The van der Waals surface area contributed by atoms with E-state index in [0.29, 0.717) is 23.4 Å². The van der Waals surface area contributed by atoms with Crippen molar-refractivity contribution in [3.05, 3.63) is 83.4 Å². The molecule has 2 aliphatic rings. The Bertz CT molecular complexity index is 835. The highest BCUT2D eigenvalue weighted by Gasteiger charge is 2.36. The fourth-order valence-electron chi connectivity index (χ4n) is 4.06. The van der Waals surface area contributed by atoms with Crippen LogP contribution < -0.4 is 0 Å². The Morgan fingerprint density at radius 1 is 0.815 bits per heavy atom. The predicted molar refractivity (Wildman–Crippen MR) is 112 cm³/mol. The van der Waals surface area contributed by atoms with E-state index >= 15 is 0 Å². The summed E-state index contributed by atoms with van der Waals surface area (Å²) < 4.78 is 22.5. The van der Waals surface area contributed by atoms with Crippen molar-refractivity contribution in [1.29, 1.82) is 0 Å². The van der Waals surface area contributed by atoms with Crippen LogP contribution in [0.3, 0.4) is 0 Å². The molecule has 4 heteroatoms. The van der Waals surface area contributed by atoms with E-state index in [0.717, 1.165) is 24.2 Å². The van der Waals surface area contributed by atoms with Crippen molar-refractivity contribution in [1.82, 2.24) is 4.67 Å². The highest BCUT2D eigenvalue weighted by Crippen LogP contribution is 2.60. The van der Waals surface area contributed by atoms with E-state index in [1.807, 2.05) is 72.3 Å². The Morgan fingerprint density at radius 2 is 1.26 bits per heavy atom. The van der Waals surface area contributed by atoms with Gasteiger partial charge in [0.25, 0.3) is 0 Å². The molecule has 3 nitrogen and oxygen atoms in total. The number of rotatable bonds is 3. The third kappa shape index (κ3) is 3.95. The lowest BCUT2D eigenvalue weighted by Crippen LogP contribution is -2.36. The molecular weight excluding hydrogens is 353 g/mol. The molecule has 2 aromatic rings. The summed E-state index contributed by atoms with van der Waals surface area (Å²) in [5.74, 6) is 6.19. The van der Waals surface area contributed by atoms with Gasteiger partial charge >= 0.3 is 0 Å². The van der Waals surface area contributed by atoms with Crippen LogP contribution in [0, 0.1) is 11.8 Å². The number of benzene rings is 2. The van der Waals surface area contributed by atoms with Crippen molar-refractivity contribution in [2.24, 2.45) is 11.8 Å². The first-order valence-electron chi connectivity index (χ1n) is 9.63. The summed E-state index contributed by atoms with van der Waals surface area (Å²) in [4.78, 5) is 0. The fraction of sp³-hybridized carbons (Fsp3) is 0.304. The van der Waals surface area contributed by atoms with E-state index in [2.05, 4.69) is 18.5 Å². The Kier molecular flexibility index (Phi) is 5.08. The molecular formula is C23H26NO2P. The van der Waals surface area contributed by atoms with Crippen molar-refractivity contribution >= 4 is 18.8 Å². The Balaban J connectivity index is 1.78. The first-order valence-corrected chi connectivity index (χ1v) is 11.4. The third-order valence-corrected chi connectivity index (χ3v) is 7.65. The second-order valence-electron chi connectivity index (χ2n) is 7.81. The average Bonchev–Trinajstić information content (AvgIpc) is 2.68. The largest absolute Gasteiger partial charge is 0.456 e. The van der Waals surface area contributed by atoms with Crippen LogP contribution >= 0.6 is 7.29 Å². The van der Waals surface area contributed by atoms with Gasteiger partial charge in [0, 0.05) is 35.9 Å². The van der Waals surface area contributed by atoms with Crippen LogP contribution in [-0.4, -0.2) is 17.8 Å². The SMILES string of the molecule is C[C@@H]1C[C@H](C)CN(P2(=O)C=C(c3ccccc3)OC(c3ccccc3)=C2)C1. The number of hydrogen-bond donors (Lipinski definition) is 0. The van der Waals surface area contributed by atoms with Crippen LogP contribution in [0.15, 0.2) is 72.3 Å². The van der Waals surface area contributed by atoms with Gasteiger partial charge in [0.2, 0.25) is 7.29 Å². The number of ether oxygens (including phenoxy) is 1. The zero-order valence-electron chi connectivity index (χ0n) is 15.9. The number of hydrogen-bond acceptors (Lipinski definition) is 2. The molecule has 2 atom stereocenters. The van der Waals surface area contributed by atoms with E-state index in [1.165, 1.54) is 6.42 Å². The quantitative estimate of drug-likeness (QED) is 0.589. The summed E-state index contributed by atoms with van der Waals surface area (Å²) >= 11 is 0. The summed E-state index contributed by atoms with van der Waals surface area (Å²) in [6, 6.07) is 19.9. The lowest BCUT2D eigenvalue weighted by atomic mass is 9.94. The summed E-state index contributed by atoms with van der Waals surface area (Å²) in [6.45, 7) is 6.22. The zero-order chi connectivity index (χ0) is 18.9. The zero-order valence-corrected chi connectivity index (χ0v) is 16.8. The molecule has 1 fully saturated rings. The van der Waals surface area contributed by atoms with Crippen molar-refractivity contribution in [2.75, 3.05) is 13.1 Å². The Hall–Kier alpha value is -2.09. The minimum atomic E-state index is -2.82. The standard InChI is InChI=1S/C23H26NO2P/c1-18-13-19(2)15-24(14-18)27(25)16-22(20-9-5-3-6-10-20)26-23(17-27)21-11-7-4-8-12-21/h3-12,16-19H,13-15H2,1-2H3/t18-,19+. The van der Waals surface area contributed by atoms with Crippen LogP contribution in [0.5, 0.6) is 0 Å². The molecule has 0 aromatic heterocycles. The first-order chi connectivity index (χ1) is 13.0. The Labute approximate surface area is 161 Å². The summed E-state index contributed by atoms with van der Waals surface area (Å²) in [6.07, 6.45) is 1.19. The molecule has 0 bridgehead atoms. The molecule has 0 spiro atoms. The van der Waals surface area contributed by atoms with Crippen molar-refractivity contribution in [2.45, 2.75) is 20.3 Å². The van der Waals surface area contributed by atoms with Crippen molar-refractivity contribution in [3.63, 3.8) is 0 Å². The van der Waals surface area contributed by atoms with Gasteiger partial charge in [-0.3, -0.25) is 4.57 Å². The topological polar surface area (TPSA) is 29.5 Å². The molecule has 0 N–H and O–H groups in total. The van der Waals surface area contributed by atoms with Gasteiger partial charge in [0.15, 0.2) is 0 Å². The number of piperidine rings is 1. The van der Waals surface area contributed by atoms with Crippen molar-refractivity contribution < 1.29 is 9.30 Å². The molecule has 1 saturated heterocycles.